The van der Waals surface area contributed by atoms with E-state index in [2.05, 4.69) is 40.1 Å². The van der Waals surface area contributed by atoms with E-state index in [0.717, 1.165) is 60.8 Å². The fourth-order valence-corrected chi connectivity index (χ4v) is 7.70. The molecule has 2 aromatic heterocycles. The zero-order valence-electron chi connectivity index (χ0n) is 25.1. The molecule has 7 aromatic rings. The molecule has 5 aromatic carbocycles. The Morgan fingerprint density at radius 2 is 1.48 bits per heavy atom. The third-order valence-electron chi connectivity index (χ3n) is 7.77. The first kappa shape index (κ1) is 29.6. The fraction of sp³-hybridized carbons (Fsp3) is 0.105. The highest BCUT2D eigenvalue weighted by molar-refractivity contribution is 8.01. The standard InChI is InChI=1S/C38H29N3O3S2/c1-25(42)44-40-32(14-9-23-45-38-39-33-13-6-8-16-36(33)46-38)28-19-22-35-31(24-28)30-12-5-7-15-34(30)41(35)29-20-17-27(18-21-29)37(43)26-10-3-2-4-11-26/h2-8,10-13,15-22,24H,9,14,23H2,1H3/b40-32+. The molecular formula is C38H29N3O3S2. The van der Waals surface area contributed by atoms with E-state index in [-0.39, 0.29) is 5.78 Å². The Bertz CT molecular complexity index is 2200. The number of para-hydroxylation sites is 2. The lowest BCUT2D eigenvalue weighted by Crippen LogP contribution is -2.05. The van der Waals surface area contributed by atoms with E-state index < -0.39 is 5.97 Å². The highest BCUT2D eigenvalue weighted by Crippen LogP contribution is 2.34. The summed E-state index contributed by atoms with van der Waals surface area (Å²) in [5.41, 5.74) is 7.02. The van der Waals surface area contributed by atoms with Crippen LogP contribution >= 0.6 is 23.1 Å². The van der Waals surface area contributed by atoms with E-state index in [4.69, 9.17) is 9.82 Å². The molecule has 8 heteroatoms. The average molecular weight is 640 g/mol. The Balaban J connectivity index is 1.17. The van der Waals surface area contributed by atoms with Crippen molar-refractivity contribution in [1.29, 1.82) is 0 Å². The summed E-state index contributed by atoms with van der Waals surface area (Å²) in [6, 6.07) is 39.8. The van der Waals surface area contributed by atoms with Gasteiger partial charge in [-0.3, -0.25) is 4.79 Å². The lowest BCUT2D eigenvalue weighted by molar-refractivity contribution is -0.140. The molecule has 0 aliphatic rings. The minimum atomic E-state index is -0.451. The number of ketones is 1. The van der Waals surface area contributed by atoms with E-state index in [9.17, 15) is 9.59 Å². The molecule has 7 rings (SSSR count). The Morgan fingerprint density at radius 1 is 0.783 bits per heavy atom. The van der Waals surface area contributed by atoms with Gasteiger partial charge < -0.3 is 9.40 Å². The number of thiazole rings is 1. The first-order valence-electron chi connectivity index (χ1n) is 15.0. The number of fused-ring (bicyclic) bond motifs is 4. The zero-order chi connectivity index (χ0) is 31.5. The van der Waals surface area contributed by atoms with Crippen LogP contribution in [0.25, 0.3) is 37.7 Å². The van der Waals surface area contributed by atoms with Gasteiger partial charge in [0.1, 0.15) is 0 Å². The average Bonchev–Trinajstić information content (AvgIpc) is 3.66. The van der Waals surface area contributed by atoms with Crippen LogP contribution < -0.4 is 0 Å². The van der Waals surface area contributed by atoms with Gasteiger partial charge in [0, 0.05) is 45.8 Å². The maximum Gasteiger partial charge on any atom is 0.331 e. The van der Waals surface area contributed by atoms with Crippen LogP contribution in [0.3, 0.4) is 0 Å². The van der Waals surface area contributed by atoms with Crippen LogP contribution in [0.15, 0.2) is 131 Å². The number of hydrogen-bond acceptors (Lipinski definition) is 7. The molecule has 0 radical (unpaired) electrons. The first-order valence-corrected chi connectivity index (χ1v) is 16.8. The Kier molecular flexibility index (Phi) is 8.46. The van der Waals surface area contributed by atoms with Crippen LogP contribution in [-0.4, -0.2) is 32.8 Å². The van der Waals surface area contributed by atoms with Crippen molar-refractivity contribution < 1.29 is 14.4 Å². The van der Waals surface area contributed by atoms with Gasteiger partial charge in [0.05, 0.1) is 27.0 Å². The molecule has 0 amide bonds. The zero-order valence-corrected chi connectivity index (χ0v) is 26.7. The van der Waals surface area contributed by atoms with E-state index in [1.807, 2.05) is 91.0 Å². The van der Waals surface area contributed by atoms with E-state index in [1.165, 1.54) is 11.6 Å². The van der Waals surface area contributed by atoms with Gasteiger partial charge in [-0.1, -0.05) is 83.6 Å². The second-order valence-corrected chi connectivity index (χ2v) is 13.2. The summed E-state index contributed by atoms with van der Waals surface area (Å²) < 4.78 is 4.44. The van der Waals surface area contributed by atoms with Crippen molar-refractivity contribution >= 4 is 72.6 Å². The van der Waals surface area contributed by atoms with Crippen molar-refractivity contribution in [3.63, 3.8) is 0 Å². The maximum atomic E-state index is 13.0. The molecule has 0 bridgehead atoms. The van der Waals surface area contributed by atoms with Crippen molar-refractivity contribution in [2.45, 2.75) is 24.1 Å². The van der Waals surface area contributed by atoms with Crippen LogP contribution in [0.1, 0.15) is 41.3 Å². The molecule has 0 aliphatic carbocycles. The van der Waals surface area contributed by atoms with Crippen molar-refractivity contribution in [2.24, 2.45) is 5.16 Å². The third-order valence-corrected chi connectivity index (χ3v) is 10.0. The number of benzene rings is 5. The lowest BCUT2D eigenvalue weighted by Gasteiger charge is -2.10. The van der Waals surface area contributed by atoms with Gasteiger partial charge in [0.2, 0.25) is 0 Å². The molecule has 6 nitrogen and oxygen atoms in total. The molecule has 46 heavy (non-hydrogen) atoms. The Labute approximate surface area is 274 Å². The number of hydrogen-bond donors (Lipinski definition) is 0. The van der Waals surface area contributed by atoms with Gasteiger partial charge in [0.15, 0.2) is 10.1 Å². The minimum absolute atomic E-state index is 0.00269. The van der Waals surface area contributed by atoms with E-state index in [1.54, 1.807) is 23.1 Å². The normalized spacial score (nSPS) is 11.8. The van der Waals surface area contributed by atoms with Crippen molar-refractivity contribution in [2.75, 3.05) is 5.75 Å². The number of oxime groups is 1. The lowest BCUT2D eigenvalue weighted by atomic mass is 10.0. The molecule has 0 spiro atoms. The summed E-state index contributed by atoms with van der Waals surface area (Å²) in [7, 11) is 0. The summed E-state index contributed by atoms with van der Waals surface area (Å²) in [5, 5.41) is 6.45. The second kappa shape index (κ2) is 13.1. The monoisotopic (exact) mass is 639 g/mol. The maximum absolute atomic E-state index is 13.0. The minimum Gasteiger partial charge on any atom is -0.318 e. The third kappa shape index (κ3) is 6.09. The summed E-state index contributed by atoms with van der Waals surface area (Å²) >= 11 is 3.44. The van der Waals surface area contributed by atoms with Crippen LogP contribution in [0, 0.1) is 0 Å². The van der Waals surface area contributed by atoms with Gasteiger partial charge in [-0.05, 0) is 67.4 Å². The van der Waals surface area contributed by atoms with E-state index >= 15 is 0 Å². The topological polar surface area (TPSA) is 73.5 Å². The van der Waals surface area contributed by atoms with Gasteiger partial charge in [-0.15, -0.1) is 11.3 Å². The van der Waals surface area contributed by atoms with Crippen molar-refractivity contribution in [3.05, 3.63) is 138 Å². The summed E-state index contributed by atoms with van der Waals surface area (Å²) in [6.07, 6.45) is 1.49. The Hall–Kier alpha value is -5.05. The molecule has 226 valence electrons. The summed E-state index contributed by atoms with van der Waals surface area (Å²) in [6.45, 7) is 1.36. The van der Waals surface area contributed by atoms with Gasteiger partial charge in [-0.2, -0.15) is 0 Å². The molecule has 0 saturated heterocycles. The second-order valence-electron chi connectivity index (χ2n) is 10.8. The summed E-state index contributed by atoms with van der Waals surface area (Å²) in [4.78, 5) is 34.6. The highest BCUT2D eigenvalue weighted by Gasteiger charge is 2.16. The van der Waals surface area contributed by atoms with Crippen LogP contribution in [0.2, 0.25) is 0 Å². The molecule has 0 aliphatic heterocycles. The summed E-state index contributed by atoms with van der Waals surface area (Å²) in [5.74, 6) is 0.411. The largest absolute Gasteiger partial charge is 0.331 e. The highest BCUT2D eigenvalue weighted by atomic mass is 32.2. The number of carbonyl (C=O) groups excluding carboxylic acids is 2. The van der Waals surface area contributed by atoms with Crippen LogP contribution in [0.4, 0.5) is 0 Å². The number of nitrogens with zero attached hydrogens (tertiary/aromatic N) is 3. The van der Waals surface area contributed by atoms with Gasteiger partial charge >= 0.3 is 5.97 Å². The van der Waals surface area contributed by atoms with E-state index in [0.29, 0.717) is 17.5 Å². The van der Waals surface area contributed by atoms with Crippen LogP contribution in [0.5, 0.6) is 0 Å². The van der Waals surface area contributed by atoms with Crippen molar-refractivity contribution in [1.82, 2.24) is 9.55 Å². The Morgan fingerprint density at radius 3 is 2.28 bits per heavy atom. The number of rotatable bonds is 10. The quantitative estimate of drug-likeness (QED) is 0.0372. The number of thioether (sulfide) groups is 1. The molecule has 2 heterocycles. The molecule has 0 atom stereocenters. The van der Waals surface area contributed by atoms with Gasteiger partial charge in [-0.25, -0.2) is 9.78 Å². The van der Waals surface area contributed by atoms with Crippen LogP contribution in [-0.2, 0) is 9.63 Å². The first-order chi connectivity index (χ1) is 22.5. The molecular weight excluding hydrogens is 611 g/mol. The molecule has 0 fully saturated rings. The number of aromatic nitrogens is 2. The molecule has 0 saturated carbocycles. The predicted octanol–water partition coefficient (Wildman–Crippen LogP) is 9.46. The smallest absolute Gasteiger partial charge is 0.318 e. The SMILES string of the molecule is CC(=O)O/N=C(\CCCSc1nc2ccccc2s1)c1ccc2c(c1)c1ccccc1n2-c1ccc(C(=O)c2ccccc2)cc1. The molecule has 0 N–H and O–H groups in total. The fourth-order valence-electron chi connectivity index (χ4n) is 5.62. The number of carbonyl (C=O) groups is 2. The van der Waals surface area contributed by atoms with Gasteiger partial charge in [0.25, 0.3) is 0 Å². The predicted molar refractivity (Wildman–Crippen MR) is 189 cm³/mol. The molecule has 0 unspecified atom stereocenters. The van der Waals surface area contributed by atoms with Crippen molar-refractivity contribution in [3.8, 4) is 5.69 Å².